The van der Waals surface area contributed by atoms with Crippen molar-refractivity contribution < 1.29 is 26.3 Å². The van der Waals surface area contributed by atoms with Crippen molar-refractivity contribution in [2.75, 3.05) is 52.6 Å². The molecular formula is C14H20N2O6S2. The van der Waals surface area contributed by atoms with E-state index in [9.17, 15) is 16.8 Å². The topological polar surface area (TPSA) is 93.2 Å². The molecule has 3 rings (SSSR count). The molecule has 0 aliphatic carbocycles. The second-order valence-corrected chi connectivity index (χ2v) is 9.29. The van der Waals surface area contributed by atoms with Crippen molar-refractivity contribution in [2.24, 2.45) is 0 Å². The molecule has 8 nitrogen and oxygen atoms in total. The zero-order valence-corrected chi connectivity index (χ0v) is 14.8. The Bertz CT molecular complexity index is 714. The molecule has 0 saturated carbocycles. The summed E-state index contributed by atoms with van der Waals surface area (Å²) in [5.41, 5.74) is 0. The van der Waals surface area contributed by atoms with Gasteiger partial charge in [-0.05, 0) is 12.1 Å². The lowest BCUT2D eigenvalue weighted by Gasteiger charge is -2.29. The van der Waals surface area contributed by atoms with Crippen molar-refractivity contribution >= 4 is 20.0 Å². The van der Waals surface area contributed by atoms with Gasteiger partial charge in [0, 0.05) is 26.2 Å². The molecule has 2 aliphatic heterocycles. The first-order valence-corrected chi connectivity index (χ1v) is 10.6. The van der Waals surface area contributed by atoms with Gasteiger partial charge in [-0.25, -0.2) is 16.8 Å². The summed E-state index contributed by atoms with van der Waals surface area (Å²) in [5, 5.41) is 0. The van der Waals surface area contributed by atoms with E-state index >= 15 is 0 Å². The molecule has 1 aromatic carbocycles. The Morgan fingerprint density at radius 1 is 0.667 bits per heavy atom. The zero-order chi connectivity index (χ0) is 17.2. The number of hydrogen-bond acceptors (Lipinski definition) is 6. The molecule has 24 heavy (non-hydrogen) atoms. The number of rotatable bonds is 4. The smallest absolute Gasteiger partial charge is 0.244 e. The molecule has 0 bridgehead atoms. The van der Waals surface area contributed by atoms with Crippen molar-refractivity contribution in [1.29, 1.82) is 0 Å². The van der Waals surface area contributed by atoms with Gasteiger partial charge in [0.2, 0.25) is 20.0 Å². The third-order valence-corrected chi connectivity index (χ3v) is 8.07. The highest BCUT2D eigenvalue weighted by Gasteiger charge is 2.35. The number of hydrogen-bond donors (Lipinski definition) is 0. The first kappa shape index (κ1) is 17.8. The minimum absolute atomic E-state index is 0.182. The largest absolute Gasteiger partial charge is 0.379 e. The van der Waals surface area contributed by atoms with E-state index in [0.29, 0.717) is 26.4 Å². The van der Waals surface area contributed by atoms with Crippen LogP contribution in [0.4, 0.5) is 0 Å². The lowest BCUT2D eigenvalue weighted by atomic mass is 10.4. The van der Waals surface area contributed by atoms with E-state index in [4.69, 9.17) is 9.47 Å². The van der Waals surface area contributed by atoms with Crippen molar-refractivity contribution in [3.63, 3.8) is 0 Å². The summed E-state index contributed by atoms with van der Waals surface area (Å²) in [5.74, 6) is 0. The Kier molecular flexibility index (Phi) is 5.23. The highest BCUT2D eigenvalue weighted by atomic mass is 32.2. The predicted molar refractivity (Wildman–Crippen MR) is 85.6 cm³/mol. The van der Waals surface area contributed by atoms with Gasteiger partial charge >= 0.3 is 0 Å². The lowest BCUT2D eigenvalue weighted by molar-refractivity contribution is 0.0724. The van der Waals surface area contributed by atoms with Crippen LogP contribution in [0, 0.1) is 0 Å². The SMILES string of the molecule is O=S(=O)(c1ccccc1S(=O)(=O)N1CCOCC1)N1CCOCC1. The highest BCUT2D eigenvalue weighted by molar-refractivity contribution is 7.92. The molecule has 0 N–H and O–H groups in total. The van der Waals surface area contributed by atoms with Crippen LogP contribution in [0.5, 0.6) is 0 Å². The van der Waals surface area contributed by atoms with Crippen LogP contribution < -0.4 is 0 Å². The van der Waals surface area contributed by atoms with Gasteiger partial charge in [-0.3, -0.25) is 0 Å². The van der Waals surface area contributed by atoms with Gasteiger partial charge in [-0.2, -0.15) is 8.61 Å². The van der Waals surface area contributed by atoms with Crippen molar-refractivity contribution in [3.8, 4) is 0 Å². The van der Waals surface area contributed by atoms with Crippen LogP contribution in [0.2, 0.25) is 0 Å². The van der Waals surface area contributed by atoms with Crippen LogP contribution in [-0.4, -0.2) is 78.1 Å². The molecule has 0 radical (unpaired) electrons. The van der Waals surface area contributed by atoms with Gasteiger partial charge in [-0.15, -0.1) is 0 Å². The monoisotopic (exact) mass is 376 g/mol. The average Bonchev–Trinajstić information content (AvgIpc) is 2.63. The zero-order valence-electron chi connectivity index (χ0n) is 13.1. The number of sulfonamides is 2. The molecule has 134 valence electrons. The molecule has 2 fully saturated rings. The fourth-order valence-electron chi connectivity index (χ4n) is 2.73. The molecule has 0 aromatic heterocycles. The van der Waals surface area contributed by atoms with Crippen LogP contribution in [0.3, 0.4) is 0 Å². The van der Waals surface area contributed by atoms with Gasteiger partial charge in [-0.1, -0.05) is 12.1 Å². The molecule has 2 aliphatic rings. The maximum atomic E-state index is 12.9. The van der Waals surface area contributed by atoms with Crippen molar-refractivity contribution in [2.45, 2.75) is 9.79 Å². The van der Waals surface area contributed by atoms with Gasteiger partial charge < -0.3 is 9.47 Å². The van der Waals surface area contributed by atoms with E-state index in [1.54, 1.807) is 0 Å². The van der Waals surface area contributed by atoms with Gasteiger partial charge in [0.15, 0.2) is 0 Å². The Labute approximate surface area is 142 Å². The van der Waals surface area contributed by atoms with Crippen LogP contribution in [0.25, 0.3) is 0 Å². The summed E-state index contributed by atoms with van der Waals surface area (Å²) in [6.07, 6.45) is 0. The van der Waals surface area contributed by atoms with Crippen LogP contribution in [0.1, 0.15) is 0 Å². The highest BCUT2D eigenvalue weighted by Crippen LogP contribution is 2.27. The first-order valence-electron chi connectivity index (χ1n) is 7.69. The van der Waals surface area contributed by atoms with Crippen molar-refractivity contribution in [1.82, 2.24) is 8.61 Å². The Balaban J connectivity index is 2.01. The molecule has 10 heteroatoms. The Hall–Kier alpha value is -1.04. The van der Waals surface area contributed by atoms with E-state index in [1.807, 2.05) is 0 Å². The molecule has 0 spiro atoms. The fraction of sp³-hybridized carbons (Fsp3) is 0.571. The first-order chi connectivity index (χ1) is 11.4. The fourth-order valence-corrected chi connectivity index (χ4v) is 6.32. The maximum absolute atomic E-state index is 12.9. The summed E-state index contributed by atoms with van der Waals surface area (Å²) in [6.45, 7) is 2.08. The predicted octanol–water partition coefficient (Wildman–Crippen LogP) is -0.272. The molecule has 0 atom stereocenters. The van der Waals surface area contributed by atoms with Crippen LogP contribution >= 0.6 is 0 Å². The summed E-state index contributed by atoms with van der Waals surface area (Å²) in [6, 6.07) is 5.76. The molecular weight excluding hydrogens is 356 g/mol. The van der Waals surface area contributed by atoms with E-state index in [-0.39, 0.29) is 36.0 Å². The minimum Gasteiger partial charge on any atom is -0.379 e. The van der Waals surface area contributed by atoms with E-state index < -0.39 is 20.0 Å². The summed E-state index contributed by atoms with van der Waals surface area (Å²) in [4.78, 5) is -0.364. The summed E-state index contributed by atoms with van der Waals surface area (Å²) < 4.78 is 64.5. The van der Waals surface area contributed by atoms with Gasteiger partial charge in [0.25, 0.3) is 0 Å². The quantitative estimate of drug-likeness (QED) is 0.718. The molecule has 2 heterocycles. The third-order valence-electron chi connectivity index (χ3n) is 4.02. The molecule has 2 saturated heterocycles. The lowest BCUT2D eigenvalue weighted by Crippen LogP contribution is -2.43. The average molecular weight is 376 g/mol. The normalized spacial score (nSPS) is 21.7. The van der Waals surface area contributed by atoms with Gasteiger partial charge in [0.1, 0.15) is 9.79 Å². The number of nitrogens with zero attached hydrogens (tertiary/aromatic N) is 2. The van der Waals surface area contributed by atoms with Crippen LogP contribution in [0.15, 0.2) is 34.1 Å². The molecule has 1 aromatic rings. The summed E-state index contributed by atoms with van der Waals surface area (Å²) in [7, 11) is -7.80. The van der Waals surface area contributed by atoms with Crippen molar-refractivity contribution in [3.05, 3.63) is 24.3 Å². The van der Waals surface area contributed by atoms with Crippen LogP contribution in [-0.2, 0) is 29.5 Å². The van der Waals surface area contributed by atoms with Gasteiger partial charge in [0.05, 0.1) is 26.4 Å². The summed E-state index contributed by atoms with van der Waals surface area (Å²) >= 11 is 0. The third kappa shape index (κ3) is 3.35. The minimum atomic E-state index is -3.90. The Morgan fingerprint density at radius 2 is 1.00 bits per heavy atom. The second-order valence-electron chi connectivity index (χ2n) is 5.48. The standard InChI is InChI=1S/C14H20N2O6S2/c17-23(18,15-5-9-21-10-6-15)13-3-1-2-4-14(13)24(19,20)16-7-11-22-12-8-16/h1-4H,5-12H2. The Morgan fingerprint density at radius 3 is 1.33 bits per heavy atom. The van der Waals surface area contributed by atoms with E-state index in [1.165, 1.54) is 32.9 Å². The number of ether oxygens (including phenoxy) is 2. The van der Waals surface area contributed by atoms with E-state index in [2.05, 4.69) is 0 Å². The number of benzene rings is 1. The maximum Gasteiger partial charge on any atom is 0.244 e. The molecule has 0 amide bonds. The van der Waals surface area contributed by atoms with E-state index in [0.717, 1.165) is 0 Å². The molecule has 0 unspecified atom stereocenters. The number of morpholine rings is 2. The second kappa shape index (κ2) is 7.06.